The Morgan fingerprint density at radius 1 is 1.15 bits per heavy atom. The Morgan fingerprint density at radius 2 is 2.08 bits per heavy atom. The SMILES string of the molecule is Cc1cc(Nc2nc(C)cs2)nc([C@H]2CCCN(c3cnccn3)C2)n1. The van der Waals surface area contributed by atoms with Gasteiger partial charge >= 0.3 is 0 Å². The number of nitrogens with one attached hydrogen (secondary N) is 1. The molecule has 1 N–H and O–H groups in total. The largest absolute Gasteiger partial charge is 0.355 e. The molecule has 0 aliphatic carbocycles. The summed E-state index contributed by atoms with van der Waals surface area (Å²) in [4.78, 5) is 24.8. The van der Waals surface area contributed by atoms with Gasteiger partial charge in [0.2, 0.25) is 0 Å². The molecule has 0 saturated carbocycles. The van der Waals surface area contributed by atoms with E-state index in [0.717, 1.165) is 59.9 Å². The van der Waals surface area contributed by atoms with Crippen molar-refractivity contribution in [2.24, 2.45) is 0 Å². The lowest BCUT2D eigenvalue weighted by Crippen LogP contribution is -2.35. The van der Waals surface area contributed by atoms with Gasteiger partial charge in [0.25, 0.3) is 0 Å². The molecule has 0 aromatic carbocycles. The molecular weight excluding hydrogens is 346 g/mol. The minimum atomic E-state index is 0.282. The highest BCUT2D eigenvalue weighted by atomic mass is 32.1. The van der Waals surface area contributed by atoms with Crippen LogP contribution in [-0.2, 0) is 0 Å². The van der Waals surface area contributed by atoms with Crippen LogP contribution in [-0.4, -0.2) is 38.0 Å². The molecular formula is C18H21N7S. The smallest absolute Gasteiger partial charge is 0.188 e. The second kappa shape index (κ2) is 7.33. The zero-order valence-electron chi connectivity index (χ0n) is 14.9. The molecule has 0 bridgehead atoms. The molecule has 1 fully saturated rings. The fraction of sp³-hybridized carbons (Fsp3) is 0.389. The Morgan fingerprint density at radius 3 is 2.85 bits per heavy atom. The van der Waals surface area contributed by atoms with Gasteiger partial charge in [0.15, 0.2) is 5.13 Å². The van der Waals surface area contributed by atoms with E-state index in [1.807, 2.05) is 31.5 Å². The Bertz CT molecular complexity index is 880. The molecule has 1 aliphatic rings. The molecule has 3 aromatic heterocycles. The fourth-order valence-electron chi connectivity index (χ4n) is 3.21. The number of thiazole rings is 1. The molecule has 0 unspecified atom stereocenters. The third-order valence-corrected chi connectivity index (χ3v) is 5.26. The first-order valence-corrected chi connectivity index (χ1v) is 9.61. The molecule has 0 radical (unpaired) electrons. The Hall–Kier alpha value is -2.61. The molecule has 4 rings (SSSR count). The molecule has 1 saturated heterocycles. The zero-order valence-corrected chi connectivity index (χ0v) is 15.7. The number of rotatable bonds is 4. The summed E-state index contributed by atoms with van der Waals surface area (Å²) in [5.41, 5.74) is 1.97. The van der Waals surface area contributed by atoms with Crippen molar-refractivity contribution in [3.05, 3.63) is 47.2 Å². The second-order valence-electron chi connectivity index (χ2n) is 6.52. The lowest BCUT2D eigenvalue weighted by molar-refractivity contribution is 0.488. The van der Waals surface area contributed by atoms with Crippen LogP contribution in [0, 0.1) is 13.8 Å². The van der Waals surface area contributed by atoms with E-state index in [2.05, 4.69) is 25.2 Å². The predicted octanol–water partition coefficient (Wildman–Crippen LogP) is 3.47. The average Bonchev–Trinajstić information content (AvgIpc) is 3.07. The van der Waals surface area contributed by atoms with Crippen molar-refractivity contribution in [3.8, 4) is 0 Å². The number of hydrogen-bond donors (Lipinski definition) is 1. The highest BCUT2D eigenvalue weighted by Gasteiger charge is 2.25. The summed E-state index contributed by atoms with van der Waals surface area (Å²) in [5, 5.41) is 6.19. The summed E-state index contributed by atoms with van der Waals surface area (Å²) >= 11 is 1.58. The number of hydrogen-bond acceptors (Lipinski definition) is 8. The first-order valence-electron chi connectivity index (χ1n) is 8.73. The molecule has 0 spiro atoms. The first kappa shape index (κ1) is 16.8. The van der Waals surface area contributed by atoms with Gasteiger partial charge in [-0.15, -0.1) is 11.3 Å². The van der Waals surface area contributed by atoms with Gasteiger partial charge < -0.3 is 10.2 Å². The number of nitrogens with zero attached hydrogens (tertiary/aromatic N) is 6. The van der Waals surface area contributed by atoms with Crippen LogP contribution in [0.3, 0.4) is 0 Å². The molecule has 0 amide bonds. The lowest BCUT2D eigenvalue weighted by atomic mass is 9.97. The van der Waals surface area contributed by atoms with Crippen LogP contribution in [0.2, 0.25) is 0 Å². The maximum Gasteiger partial charge on any atom is 0.188 e. The van der Waals surface area contributed by atoms with Crippen molar-refractivity contribution in [3.63, 3.8) is 0 Å². The topological polar surface area (TPSA) is 79.7 Å². The highest BCUT2D eigenvalue weighted by molar-refractivity contribution is 7.13. The van der Waals surface area contributed by atoms with Crippen LogP contribution >= 0.6 is 11.3 Å². The van der Waals surface area contributed by atoms with Crippen molar-refractivity contribution in [1.29, 1.82) is 0 Å². The van der Waals surface area contributed by atoms with Gasteiger partial charge in [-0.1, -0.05) is 0 Å². The van der Waals surface area contributed by atoms with Crippen molar-refractivity contribution in [2.75, 3.05) is 23.3 Å². The van der Waals surface area contributed by atoms with E-state index in [1.165, 1.54) is 0 Å². The van der Waals surface area contributed by atoms with Gasteiger partial charge in [0, 0.05) is 48.5 Å². The minimum Gasteiger partial charge on any atom is -0.355 e. The van der Waals surface area contributed by atoms with E-state index in [9.17, 15) is 0 Å². The normalized spacial score (nSPS) is 17.3. The van der Waals surface area contributed by atoms with Gasteiger partial charge in [0.05, 0.1) is 11.9 Å². The quantitative estimate of drug-likeness (QED) is 0.756. The van der Waals surface area contributed by atoms with Crippen LogP contribution in [0.1, 0.15) is 36.0 Å². The predicted molar refractivity (Wildman–Crippen MR) is 103 cm³/mol. The van der Waals surface area contributed by atoms with E-state index in [-0.39, 0.29) is 5.92 Å². The van der Waals surface area contributed by atoms with Crippen molar-refractivity contribution >= 4 is 28.1 Å². The zero-order chi connectivity index (χ0) is 17.9. The van der Waals surface area contributed by atoms with Crippen molar-refractivity contribution in [1.82, 2.24) is 24.9 Å². The maximum absolute atomic E-state index is 4.77. The molecule has 7 nitrogen and oxygen atoms in total. The van der Waals surface area contributed by atoms with Crippen LogP contribution in [0.5, 0.6) is 0 Å². The van der Waals surface area contributed by atoms with E-state index < -0.39 is 0 Å². The summed E-state index contributed by atoms with van der Waals surface area (Å²) in [6.07, 6.45) is 7.42. The summed E-state index contributed by atoms with van der Waals surface area (Å²) in [6, 6.07) is 1.96. The van der Waals surface area contributed by atoms with Crippen molar-refractivity contribution < 1.29 is 0 Å². The van der Waals surface area contributed by atoms with Crippen LogP contribution in [0.4, 0.5) is 16.8 Å². The monoisotopic (exact) mass is 367 g/mol. The van der Waals surface area contributed by atoms with Gasteiger partial charge in [0.1, 0.15) is 17.5 Å². The van der Waals surface area contributed by atoms with E-state index in [4.69, 9.17) is 9.97 Å². The molecule has 1 atom stereocenters. The summed E-state index contributed by atoms with van der Waals surface area (Å²) < 4.78 is 0. The van der Waals surface area contributed by atoms with Gasteiger partial charge in [-0.2, -0.15) is 0 Å². The van der Waals surface area contributed by atoms with Gasteiger partial charge in [-0.05, 0) is 26.7 Å². The van der Waals surface area contributed by atoms with Crippen LogP contribution in [0.15, 0.2) is 30.0 Å². The molecule has 134 valence electrons. The van der Waals surface area contributed by atoms with Gasteiger partial charge in [-0.3, -0.25) is 4.98 Å². The Kier molecular flexibility index (Phi) is 4.75. The third kappa shape index (κ3) is 3.80. The Balaban J connectivity index is 1.54. The van der Waals surface area contributed by atoms with Crippen LogP contribution < -0.4 is 10.2 Å². The summed E-state index contributed by atoms with van der Waals surface area (Å²) in [5.74, 6) is 2.89. The molecule has 1 aliphatic heterocycles. The van der Waals surface area contributed by atoms with E-state index in [0.29, 0.717) is 0 Å². The maximum atomic E-state index is 4.77. The molecule has 3 aromatic rings. The van der Waals surface area contributed by atoms with E-state index in [1.54, 1.807) is 23.7 Å². The van der Waals surface area contributed by atoms with E-state index >= 15 is 0 Å². The number of aromatic nitrogens is 5. The Labute approximate surface area is 156 Å². The molecule has 4 heterocycles. The molecule has 8 heteroatoms. The van der Waals surface area contributed by atoms with Crippen molar-refractivity contribution in [2.45, 2.75) is 32.6 Å². The minimum absolute atomic E-state index is 0.282. The molecule has 26 heavy (non-hydrogen) atoms. The average molecular weight is 367 g/mol. The first-order chi connectivity index (χ1) is 12.7. The second-order valence-corrected chi connectivity index (χ2v) is 7.38. The fourth-order valence-corrected chi connectivity index (χ4v) is 3.90. The van der Waals surface area contributed by atoms with Crippen LogP contribution in [0.25, 0.3) is 0 Å². The number of piperidine rings is 1. The van der Waals surface area contributed by atoms with Gasteiger partial charge in [-0.25, -0.2) is 19.9 Å². The summed E-state index contributed by atoms with van der Waals surface area (Å²) in [7, 11) is 0. The third-order valence-electron chi connectivity index (χ3n) is 4.39. The highest BCUT2D eigenvalue weighted by Crippen LogP contribution is 2.28. The summed E-state index contributed by atoms with van der Waals surface area (Å²) in [6.45, 7) is 5.84. The number of aryl methyl sites for hydroxylation is 2. The lowest BCUT2D eigenvalue weighted by Gasteiger charge is -2.32. The standard InChI is InChI=1S/C18H21N7S/c1-12-8-15(24-18-22-13(2)11-26-18)23-17(21-12)14-4-3-7-25(10-14)16-9-19-5-6-20-16/h5-6,8-9,11,14H,3-4,7,10H2,1-2H3,(H,21,22,23,24)/t14-/m0/s1. The number of anilines is 3.